The van der Waals surface area contributed by atoms with E-state index in [1.807, 2.05) is 0 Å². The normalized spacial score (nSPS) is 17.5. The largest absolute Gasteiger partial charge is 1.00 e. The van der Waals surface area contributed by atoms with Crippen molar-refractivity contribution in [3.8, 4) is 0 Å². The van der Waals surface area contributed by atoms with Crippen LogP contribution in [0.2, 0.25) is 0 Å². The van der Waals surface area contributed by atoms with Crippen LogP contribution in [-0.4, -0.2) is 25.5 Å². The SMILES string of the molecule is CC(CN(C)C)C1=[C-]CC=C1.[Li+]. The smallest absolute Gasteiger partial charge is 0.309 e. The molecule has 0 amide bonds. The molecule has 0 saturated carbocycles. The van der Waals surface area contributed by atoms with E-state index in [1.54, 1.807) is 0 Å². The maximum atomic E-state index is 3.34. The maximum absolute atomic E-state index is 3.34. The number of hydrogen-bond donors (Lipinski definition) is 0. The standard InChI is InChI=1S/C10H16N.Li/c1-9(8-11(2)3)10-6-4-5-7-10;/h4,6,9H,5,8H2,1-3H3;/q-1;+1. The predicted molar refractivity (Wildman–Crippen MR) is 48.2 cm³/mol. The van der Waals surface area contributed by atoms with Gasteiger partial charge < -0.3 is 4.90 Å². The molecule has 0 aromatic heterocycles. The molecule has 62 valence electrons. The molecule has 0 heterocycles. The van der Waals surface area contributed by atoms with Crippen LogP contribution in [0.25, 0.3) is 0 Å². The third kappa shape index (κ3) is 3.63. The molecule has 0 N–H and O–H groups in total. The Morgan fingerprint density at radius 1 is 1.58 bits per heavy atom. The summed E-state index contributed by atoms with van der Waals surface area (Å²) in [4.78, 5) is 2.21. The van der Waals surface area contributed by atoms with E-state index >= 15 is 0 Å². The van der Waals surface area contributed by atoms with Gasteiger partial charge in [0.05, 0.1) is 0 Å². The quantitative estimate of drug-likeness (QED) is 0.370. The van der Waals surface area contributed by atoms with Crippen LogP contribution in [0.15, 0.2) is 17.7 Å². The molecule has 0 radical (unpaired) electrons. The van der Waals surface area contributed by atoms with Crippen molar-refractivity contribution in [2.24, 2.45) is 5.92 Å². The first-order valence-electron chi connectivity index (χ1n) is 4.12. The number of nitrogens with zero attached hydrogens (tertiary/aromatic N) is 1. The van der Waals surface area contributed by atoms with Crippen LogP contribution in [0, 0.1) is 12.0 Å². The number of rotatable bonds is 3. The van der Waals surface area contributed by atoms with Gasteiger partial charge in [-0.1, -0.05) is 6.92 Å². The Morgan fingerprint density at radius 2 is 2.25 bits per heavy atom. The molecule has 1 aliphatic carbocycles. The van der Waals surface area contributed by atoms with E-state index in [4.69, 9.17) is 0 Å². The number of allylic oxidation sites excluding steroid dienone is 3. The fourth-order valence-corrected chi connectivity index (χ4v) is 1.41. The van der Waals surface area contributed by atoms with Gasteiger partial charge in [0, 0.05) is 6.54 Å². The van der Waals surface area contributed by atoms with Gasteiger partial charge in [-0.05, 0) is 20.0 Å². The van der Waals surface area contributed by atoms with Crippen LogP contribution in [0.4, 0.5) is 0 Å². The van der Waals surface area contributed by atoms with Crippen molar-refractivity contribution in [1.82, 2.24) is 4.90 Å². The van der Waals surface area contributed by atoms with Crippen molar-refractivity contribution in [1.29, 1.82) is 0 Å². The van der Waals surface area contributed by atoms with Crippen molar-refractivity contribution in [2.75, 3.05) is 20.6 Å². The fourth-order valence-electron chi connectivity index (χ4n) is 1.41. The van der Waals surface area contributed by atoms with Crippen molar-refractivity contribution >= 4 is 0 Å². The topological polar surface area (TPSA) is 3.24 Å². The zero-order chi connectivity index (χ0) is 8.27. The van der Waals surface area contributed by atoms with Crippen LogP contribution in [0.5, 0.6) is 0 Å². The van der Waals surface area contributed by atoms with Gasteiger partial charge in [-0.2, -0.15) is 6.08 Å². The third-order valence-corrected chi connectivity index (χ3v) is 1.89. The van der Waals surface area contributed by atoms with Gasteiger partial charge in [0.15, 0.2) is 0 Å². The van der Waals surface area contributed by atoms with E-state index < -0.39 is 0 Å². The zero-order valence-corrected chi connectivity index (χ0v) is 8.59. The molecule has 1 unspecified atom stereocenters. The van der Waals surface area contributed by atoms with Crippen LogP contribution in [0.3, 0.4) is 0 Å². The second-order valence-corrected chi connectivity index (χ2v) is 3.40. The van der Waals surface area contributed by atoms with Crippen molar-refractivity contribution < 1.29 is 18.9 Å². The third-order valence-electron chi connectivity index (χ3n) is 1.89. The van der Waals surface area contributed by atoms with Gasteiger partial charge in [-0.15, -0.1) is 6.42 Å². The first-order chi connectivity index (χ1) is 5.20. The molecule has 1 aliphatic rings. The summed E-state index contributed by atoms with van der Waals surface area (Å²) in [6, 6.07) is 0. The molecule has 1 atom stereocenters. The van der Waals surface area contributed by atoms with Crippen LogP contribution in [-0.2, 0) is 0 Å². The Kier molecular flexibility index (Phi) is 5.66. The summed E-state index contributed by atoms with van der Waals surface area (Å²) >= 11 is 0. The van der Waals surface area contributed by atoms with E-state index in [2.05, 4.69) is 44.1 Å². The monoisotopic (exact) mass is 157 g/mol. The molecule has 0 spiro atoms. The molecule has 0 aliphatic heterocycles. The second kappa shape index (κ2) is 5.64. The van der Waals surface area contributed by atoms with Crippen LogP contribution < -0.4 is 18.9 Å². The molecular weight excluding hydrogens is 141 g/mol. The Morgan fingerprint density at radius 3 is 2.67 bits per heavy atom. The Bertz CT molecular complexity index is 182. The van der Waals surface area contributed by atoms with Crippen LogP contribution >= 0.6 is 0 Å². The zero-order valence-electron chi connectivity index (χ0n) is 8.59. The molecule has 0 aromatic rings. The molecule has 12 heavy (non-hydrogen) atoms. The van der Waals surface area contributed by atoms with E-state index in [-0.39, 0.29) is 18.9 Å². The molecule has 0 aromatic carbocycles. The van der Waals surface area contributed by atoms with Gasteiger partial charge in [0.25, 0.3) is 0 Å². The summed E-state index contributed by atoms with van der Waals surface area (Å²) in [5.41, 5.74) is 1.37. The van der Waals surface area contributed by atoms with Gasteiger partial charge in [-0.25, -0.2) is 11.6 Å². The molecule has 1 rings (SSSR count). The average Bonchev–Trinajstić information content (AvgIpc) is 2.35. The Balaban J connectivity index is 0.00000121. The minimum Gasteiger partial charge on any atom is -0.309 e. The Labute approximate surface area is 87.7 Å². The molecule has 0 fully saturated rings. The van der Waals surface area contributed by atoms with Crippen molar-refractivity contribution in [2.45, 2.75) is 13.3 Å². The molecule has 0 saturated heterocycles. The van der Waals surface area contributed by atoms with Crippen molar-refractivity contribution in [3.05, 3.63) is 23.8 Å². The van der Waals surface area contributed by atoms with Crippen LogP contribution in [0.1, 0.15) is 13.3 Å². The predicted octanol–water partition coefficient (Wildman–Crippen LogP) is -1.12. The van der Waals surface area contributed by atoms with E-state index in [0.29, 0.717) is 5.92 Å². The van der Waals surface area contributed by atoms with E-state index in [0.717, 1.165) is 13.0 Å². The summed E-state index contributed by atoms with van der Waals surface area (Å²) in [6.07, 6.45) is 8.70. The minimum atomic E-state index is 0. The maximum Gasteiger partial charge on any atom is 1.00 e. The van der Waals surface area contributed by atoms with Gasteiger partial charge in [-0.3, -0.25) is 6.08 Å². The average molecular weight is 157 g/mol. The van der Waals surface area contributed by atoms with Gasteiger partial charge >= 0.3 is 18.9 Å². The molecule has 1 nitrogen and oxygen atoms in total. The first-order valence-corrected chi connectivity index (χ1v) is 4.12. The molecular formula is C10H16LiN. The van der Waals surface area contributed by atoms with E-state index in [1.165, 1.54) is 5.57 Å². The summed E-state index contributed by atoms with van der Waals surface area (Å²) in [7, 11) is 4.21. The van der Waals surface area contributed by atoms with Gasteiger partial charge in [0.2, 0.25) is 0 Å². The summed E-state index contributed by atoms with van der Waals surface area (Å²) in [6.45, 7) is 3.37. The fraction of sp³-hybridized carbons (Fsp3) is 0.600. The summed E-state index contributed by atoms with van der Waals surface area (Å²) in [5, 5.41) is 0. The number of hydrogen-bond acceptors (Lipinski definition) is 1. The first kappa shape index (κ1) is 12.0. The molecule has 0 bridgehead atoms. The second-order valence-electron chi connectivity index (χ2n) is 3.40. The Hall–Kier alpha value is 0.0374. The van der Waals surface area contributed by atoms with Crippen molar-refractivity contribution in [3.63, 3.8) is 0 Å². The minimum absolute atomic E-state index is 0. The van der Waals surface area contributed by atoms with Gasteiger partial charge in [0.1, 0.15) is 0 Å². The van der Waals surface area contributed by atoms with E-state index in [9.17, 15) is 0 Å². The molecule has 2 heteroatoms. The summed E-state index contributed by atoms with van der Waals surface area (Å²) in [5.74, 6) is 0.628. The summed E-state index contributed by atoms with van der Waals surface area (Å²) < 4.78 is 0.